The van der Waals surface area contributed by atoms with Gasteiger partial charge < -0.3 is 29.3 Å². The molecule has 0 unspecified atom stereocenters. The molecular weight excluding hydrogens is 384 g/mol. The summed E-state index contributed by atoms with van der Waals surface area (Å²) in [6.45, 7) is 6.66. The van der Waals surface area contributed by atoms with Crippen molar-refractivity contribution in [3.63, 3.8) is 0 Å². The van der Waals surface area contributed by atoms with E-state index in [0.29, 0.717) is 10.3 Å². The van der Waals surface area contributed by atoms with Crippen LogP contribution in [0, 0.1) is 15.3 Å². The van der Waals surface area contributed by atoms with Crippen molar-refractivity contribution in [2.45, 2.75) is 63.7 Å². The Morgan fingerprint density at radius 1 is 0.966 bits per heavy atom. The molecule has 0 saturated carbocycles. The van der Waals surface area contributed by atoms with Crippen molar-refractivity contribution in [1.82, 2.24) is 0 Å². The van der Waals surface area contributed by atoms with Gasteiger partial charge in [0.15, 0.2) is 24.3 Å². The van der Waals surface area contributed by atoms with Crippen molar-refractivity contribution in [2.24, 2.45) is 0 Å². The van der Waals surface area contributed by atoms with E-state index in [1.165, 1.54) is 30.5 Å². The molecule has 2 heterocycles. The minimum Gasteiger partial charge on any atom is -0.624 e. The average Bonchev–Trinajstić information content (AvgIpc) is 3.09. The number of hydroxylamine groups is 1. The Hall–Kier alpha value is -2.11. The Morgan fingerprint density at radius 3 is 2.00 bits per heavy atom. The van der Waals surface area contributed by atoms with Gasteiger partial charge in [-0.2, -0.15) is 0 Å². The molecule has 10 nitrogen and oxygen atoms in total. The van der Waals surface area contributed by atoms with Gasteiger partial charge in [0.05, 0.1) is 11.5 Å². The summed E-state index contributed by atoms with van der Waals surface area (Å²) in [6.07, 6.45) is -1.13. The van der Waals surface area contributed by atoms with Crippen LogP contribution in [0.25, 0.3) is 0 Å². The van der Waals surface area contributed by atoms with Gasteiger partial charge in [0, 0.05) is 17.7 Å². The maximum atomic E-state index is 12.5. The van der Waals surface area contributed by atoms with Crippen LogP contribution in [-0.4, -0.2) is 70.1 Å². The lowest BCUT2D eigenvalue weighted by molar-refractivity contribution is -0.466. The van der Waals surface area contributed by atoms with Gasteiger partial charge >= 0.3 is 0 Å². The molecule has 0 radical (unpaired) electrons. The number of aliphatic hydroxyl groups is 1. The summed E-state index contributed by atoms with van der Waals surface area (Å²) < 4.78 is 24.2. The Labute approximate surface area is 168 Å². The van der Waals surface area contributed by atoms with Gasteiger partial charge in [-0.3, -0.25) is 10.1 Å². The summed E-state index contributed by atoms with van der Waals surface area (Å²) in [5.74, 6) is -1.82. The molecule has 1 aromatic rings. The molecular formula is C19H26N2O8. The number of aliphatic hydroxyl groups excluding tert-OH is 1. The third-order valence-electron chi connectivity index (χ3n) is 4.70. The Balaban J connectivity index is 1.75. The van der Waals surface area contributed by atoms with Crippen molar-refractivity contribution in [3.05, 3.63) is 45.2 Å². The fourth-order valence-corrected chi connectivity index (χ4v) is 3.64. The van der Waals surface area contributed by atoms with Gasteiger partial charge in [0.1, 0.15) is 24.4 Å². The highest BCUT2D eigenvalue weighted by molar-refractivity contribution is 5.76. The summed E-state index contributed by atoms with van der Waals surface area (Å²) >= 11 is 0. The number of nitro groups is 1. The number of non-ortho nitro benzene ring substituents is 1. The number of nitrogens with zero attached hydrogens (tertiary/aromatic N) is 2. The molecule has 4 atom stereocenters. The Kier molecular flexibility index (Phi) is 5.93. The van der Waals surface area contributed by atoms with Crippen molar-refractivity contribution < 1.29 is 33.7 Å². The molecule has 2 aliphatic heterocycles. The summed E-state index contributed by atoms with van der Waals surface area (Å²) in [7, 11) is 0. The van der Waals surface area contributed by atoms with Crippen LogP contribution >= 0.6 is 0 Å². The number of benzene rings is 1. The number of nitro benzene ring substituents is 1. The largest absolute Gasteiger partial charge is 0.624 e. The molecule has 29 heavy (non-hydrogen) atoms. The van der Waals surface area contributed by atoms with Crippen LogP contribution < -0.4 is 0 Å². The molecule has 2 aliphatic rings. The van der Waals surface area contributed by atoms with E-state index >= 15 is 0 Å². The lowest BCUT2D eigenvalue weighted by Crippen LogP contribution is -2.45. The first-order chi connectivity index (χ1) is 13.5. The standard InChI is InChI=1S/C19H26N2O8/c1-18(2)26-14(16(28-18)17-15(11-22)27-19(3,4)29-17)10-20(23)9-12-5-7-13(8-6-12)21(24)25/h5-9,14-17,22H,10-11H2,1-4H3/b20-9-/t14-,15-,16+,17-/m1/s1. The summed E-state index contributed by atoms with van der Waals surface area (Å²) in [5.41, 5.74) is 0.472. The van der Waals surface area contributed by atoms with Crippen LogP contribution in [0.5, 0.6) is 0 Å². The lowest BCUT2D eigenvalue weighted by atomic mass is 10.0. The molecule has 0 amide bonds. The van der Waals surface area contributed by atoms with Crippen LogP contribution in [0.2, 0.25) is 0 Å². The maximum absolute atomic E-state index is 12.5. The molecule has 2 fully saturated rings. The van der Waals surface area contributed by atoms with E-state index in [4.69, 9.17) is 18.9 Å². The molecule has 10 heteroatoms. The molecule has 0 aromatic heterocycles. The molecule has 1 aromatic carbocycles. The van der Waals surface area contributed by atoms with Crippen LogP contribution in [0.3, 0.4) is 0 Å². The summed E-state index contributed by atoms with van der Waals surface area (Å²) in [4.78, 5) is 10.2. The van der Waals surface area contributed by atoms with E-state index in [1.54, 1.807) is 27.7 Å². The van der Waals surface area contributed by atoms with Gasteiger partial charge in [-0.25, -0.2) is 4.74 Å². The zero-order chi connectivity index (χ0) is 21.4. The molecule has 0 aliphatic carbocycles. The smallest absolute Gasteiger partial charge is 0.269 e. The van der Waals surface area contributed by atoms with Gasteiger partial charge in [-0.15, -0.1) is 0 Å². The molecule has 3 rings (SSSR count). The minimum absolute atomic E-state index is 0.0509. The van der Waals surface area contributed by atoms with E-state index in [0.717, 1.165) is 0 Å². The quantitative estimate of drug-likeness (QED) is 0.246. The second-order valence-electron chi connectivity index (χ2n) is 8.04. The normalized spacial score (nSPS) is 31.1. The van der Waals surface area contributed by atoms with Gasteiger partial charge in [-0.1, -0.05) is 0 Å². The van der Waals surface area contributed by atoms with E-state index in [1.807, 2.05) is 0 Å². The fraction of sp³-hybridized carbons (Fsp3) is 0.632. The highest BCUT2D eigenvalue weighted by Gasteiger charge is 2.54. The zero-order valence-corrected chi connectivity index (χ0v) is 16.8. The SMILES string of the molecule is CC1(C)O[C@H]([C@@H]2OC(C)(C)O[C@@H]2CO)[C@@H](C/[N+]([O-])=C/c2ccc([N+](=O)[O-])cc2)O1. The first-order valence-corrected chi connectivity index (χ1v) is 9.35. The highest BCUT2D eigenvalue weighted by atomic mass is 16.8. The Morgan fingerprint density at radius 2 is 1.48 bits per heavy atom. The topological polar surface area (TPSA) is 126 Å². The second kappa shape index (κ2) is 7.96. The van der Waals surface area contributed by atoms with Crippen molar-refractivity contribution in [1.29, 1.82) is 0 Å². The number of rotatable bonds is 6. The number of hydrogen-bond acceptors (Lipinski definition) is 8. The van der Waals surface area contributed by atoms with E-state index < -0.39 is 40.9 Å². The second-order valence-corrected chi connectivity index (χ2v) is 8.04. The minimum atomic E-state index is -0.931. The molecule has 0 bridgehead atoms. The van der Waals surface area contributed by atoms with Crippen LogP contribution in [-0.2, 0) is 18.9 Å². The average molecular weight is 410 g/mol. The van der Waals surface area contributed by atoms with E-state index in [9.17, 15) is 20.4 Å². The number of ether oxygens (including phenoxy) is 4. The van der Waals surface area contributed by atoms with Gasteiger partial charge in [-0.05, 0) is 39.8 Å². The lowest BCUT2D eigenvalue weighted by Gasteiger charge is -2.25. The monoisotopic (exact) mass is 410 g/mol. The highest BCUT2D eigenvalue weighted by Crippen LogP contribution is 2.38. The summed E-state index contributed by atoms with van der Waals surface area (Å²) in [6, 6.07) is 5.65. The van der Waals surface area contributed by atoms with E-state index in [2.05, 4.69) is 0 Å². The predicted molar refractivity (Wildman–Crippen MR) is 101 cm³/mol. The third-order valence-corrected chi connectivity index (χ3v) is 4.70. The predicted octanol–water partition coefficient (Wildman–Crippen LogP) is 1.56. The van der Waals surface area contributed by atoms with Gasteiger partial charge in [0.2, 0.25) is 0 Å². The van der Waals surface area contributed by atoms with Crippen molar-refractivity contribution in [3.8, 4) is 0 Å². The Bertz CT molecular complexity index is 777. The molecule has 2 saturated heterocycles. The molecule has 160 valence electrons. The van der Waals surface area contributed by atoms with Crippen LogP contribution in [0.15, 0.2) is 24.3 Å². The van der Waals surface area contributed by atoms with Crippen LogP contribution in [0.4, 0.5) is 5.69 Å². The van der Waals surface area contributed by atoms with E-state index in [-0.39, 0.29) is 18.8 Å². The zero-order valence-electron chi connectivity index (χ0n) is 16.8. The third kappa shape index (κ3) is 5.09. The van der Waals surface area contributed by atoms with Crippen molar-refractivity contribution >= 4 is 11.9 Å². The fourth-order valence-electron chi connectivity index (χ4n) is 3.64. The summed E-state index contributed by atoms with van der Waals surface area (Å²) in [5, 5.41) is 32.9. The van der Waals surface area contributed by atoms with Gasteiger partial charge in [0.25, 0.3) is 5.69 Å². The first kappa shape index (κ1) is 21.6. The first-order valence-electron chi connectivity index (χ1n) is 9.35. The van der Waals surface area contributed by atoms with Crippen molar-refractivity contribution in [2.75, 3.05) is 13.2 Å². The number of hydrogen-bond donors (Lipinski definition) is 1. The van der Waals surface area contributed by atoms with Crippen LogP contribution in [0.1, 0.15) is 33.3 Å². The molecule has 0 spiro atoms. The molecule has 1 N–H and O–H groups in total. The maximum Gasteiger partial charge on any atom is 0.269 e.